The van der Waals surface area contributed by atoms with Crippen LogP contribution in [0, 0.1) is 5.92 Å². The molecular formula is C9H16F2N2. The second-order valence-electron chi connectivity index (χ2n) is 4.06. The lowest BCUT2D eigenvalue weighted by Crippen LogP contribution is -2.39. The Morgan fingerprint density at radius 1 is 1.38 bits per heavy atom. The first-order valence-electron chi connectivity index (χ1n) is 5.05. The molecule has 4 heteroatoms. The van der Waals surface area contributed by atoms with E-state index in [-0.39, 0.29) is 6.42 Å². The lowest BCUT2D eigenvalue weighted by molar-refractivity contribution is -0.0492. The maximum absolute atomic E-state index is 13.2. The summed E-state index contributed by atoms with van der Waals surface area (Å²) in [4.78, 5) is 0. The Morgan fingerprint density at radius 2 is 2.23 bits per heavy atom. The van der Waals surface area contributed by atoms with Gasteiger partial charge in [0.25, 0.3) is 5.92 Å². The molecule has 2 nitrogen and oxygen atoms in total. The highest BCUT2D eigenvalue weighted by molar-refractivity contribution is 4.86. The van der Waals surface area contributed by atoms with E-state index >= 15 is 0 Å². The lowest BCUT2D eigenvalue weighted by Gasteiger charge is -2.24. The monoisotopic (exact) mass is 190 g/mol. The van der Waals surface area contributed by atoms with Crippen LogP contribution in [0.3, 0.4) is 0 Å². The van der Waals surface area contributed by atoms with Gasteiger partial charge in [-0.05, 0) is 19.3 Å². The minimum atomic E-state index is -2.41. The molecule has 1 saturated heterocycles. The summed E-state index contributed by atoms with van der Waals surface area (Å²) in [6.45, 7) is 2.39. The molecule has 1 atom stereocenters. The lowest BCUT2D eigenvalue weighted by atomic mass is 10.1. The molecule has 13 heavy (non-hydrogen) atoms. The normalized spacial score (nSPS) is 34.2. The average molecular weight is 190 g/mol. The molecule has 76 valence electrons. The van der Waals surface area contributed by atoms with Gasteiger partial charge in [0.2, 0.25) is 0 Å². The van der Waals surface area contributed by atoms with E-state index in [1.807, 2.05) is 5.01 Å². The minimum Gasteiger partial charge on any atom is -0.255 e. The first kappa shape index (κ1) is 9.34. The van der Waals surface area contributed by atoms with Crippen molar-refractivity contribution in [2.24, 2.45) is 5.92 Å². The SMILES string of the molecule is FC1(F)CCCC1CN1CCCN1. The third-order valence-electron chi connectivity index (χ3n) is 3.04. The predicted octanol–water partition coefficient (Wildman–Crippen LogP) is 1.63. The summed E-state index contributed by atoms with van der Waals surface area (Å²) in [5.41, 5.74) is 3.12. The largest absolute Gasteiger partial charge is 0.255 e. The van der Waals surface area contributed by atoms with Gasteiger partial charge in [0.1, 0.15) is 0 Å². The molecule has 0 aromatic heterocycles. The van der Waals surface area contributed by atoms with E-state index in [9.17, 15) is 8.78 Å². The van der Waals surface area contributed by atoms with Crippen LogP contribution in [0.4, 0.5) is 8.78 Å². The molecule has 2 fully saturated rings. The van der Waals surface area contributed by atoms with E-state index in [2.05, 4.69) is 5.43 Å². The number of hydrogen-bond donors (Lipinski definition) is 1. The molecule has 1 N–H and O–H groups in total. The fraction of sp³-hybridized carbons (Fsp3) is 1.00. The summed E-state index contributed by atoms with van der Waals surface area (Å²) in [5.74, 6) is -2.83. The molecule has 0 aromatic carbocycles. The Bertz CT molecular complexity index is 178. The summed E-state index contributed by atoms with van der Waals surface area (Å²) >= 11 is 0. The van der Waals surface area contributed by atoms with Crippen LogP contribution >= 0.6 is 0 Å². The zero-order valence-corrected chi connectivity index (χ0v) is 7.73. The summed E-state index contributed by atoms with van der Waals surface area (Å²) in [6.07, 6.45) is 2.54. The zero-order valence-electron chi connectivity index (χ0n) is 7.73. The minimum absolute atomic E-state index is 0.0888. The Balaban J connectivity index is 1.86. The Kier molecular flexibility index (Phi) is 2.51. The van der Waals surface area contributed by atoms with Crippen molar-refractivity contribution in [3.63, 3.8) is 0 Å². The molecule has 1 heterocycles. The first-order valence-corrected chi connectivity index (χ1v) is 5.05. The fourth-order valence-corrected chi connectivity index (χ4v) is 2.23. The summed E-state index contributed by atoms with van der Waals surface area (Å²) in [5, 5.41) is 1.95. The molecule has 2 rings (SSSR count). The van der Waals surface area contributed by atoms with Crippen LogP contribution in [-0.4, -0.2) is 30.6 Å². The van der Waals surface area contributed by atoms with Gasteiger partial charge in [-0.15, -0.1) is 0 Å². The number of nitrogens with zero attached hydrogens (tertiary/aromatic N) is 1. The highest BCUT2D eigenvalue weighted by Gasteiger charge is 2.44. The molecule has 0 amide bonds. The molecule has 0 spiro atoms. The molecule has 0 bridgehead atoms. The van der Waals surface area contributed by atoms with Crippen molar-refractivity contribution in [1.82, 2.24) is 10.4 Å². The summed E-state index contributed by atoms with van der Waals surface area (Å²) in [6, 6.07) is 0. The van der Waals surface area contributed by atoms with Gasteiger partial charge < -0.3 is 0 Å². The van der Waals surface area contributed by atoms with Crippen LogP contribution in [0.15, 0.2) is 0 Å². The quantitative estimate of drug-likeness (QED) is 0.712. The van der Waals surface area contributed by atoms with Gasteiger partial charge >= 0.3 is 0 Å². The molecule has 1 unspecified atom stereocenters. The number of hydrazine groups is 1. The van der Waals surface area contributed by atoms with E-state index in [0.717, 1.165) is 19.5 Å². The predicted molar refractivity (Wildman–Crippen MR) is 46.5 cm³/mol. The zero-order chi connectivity index (χ0) is 9.31. The standard InChI is InChI=1S/C9H16F2N2/c10-9(11)4-1-3-8(9)7-13-6-2-5-12-13/h8,12H,1-7H2. The number of hydrogen-bond acceptors (Lipinski definition) is 2. The number of nitrogens with one attached hydrogen (secondary N) is 1. The first-order chi connectivity index (χ1) is 6.18. The van der Waals surface area contributed by atoms with Gasteiger partial charge in [-0.3, -0.25) is 5.43 Å². The second-order valence-corrected chi connectivity index (χ2v) is 4.06. The van der Waals surface area contributed by atoms with E-state index in [1.165, 1.54) is 0 Å². The summed E-state index contributed by atoms with van der Waals surface area (Å²) in [7, 11) is 0. The Hall–Kier alpha value is -0.220. The molecule has 0 aromatic rings. The third kappa shape index (κ3) is 1.99. The van der Waals surface area contributed by atoms with Gasteiger partial charge in [0.15, 0.2) is 0 Å². The van der Waals surface area contributed by atoms with Gasteiger partial charge in [-0.1, -0.05) is 0 Å². The molecule has 1 saturated carbocycles. The topological polar surface area (TPSA) is 15.3 Å². The van der Waals surface area contributed by atoms with Crippen molar-refractivity contribution in [2.75, 3.05) is 19.6 Å². The molecule has 2 aliphatic rings. The van der Waals surface area contributed by atoms with Gasteiger partial charge in [-0.25, -0.2) is 13.8 Å². The average Bonchev–Trinajstić information content (AvgIpc) is 2.63. The highest BCUT2D eigenvalue weighted by Crippen LogP contribution is 2.40. The van der Waals surface area contributed by atoms with Crippen LogP contribution < -0.4 is 5.43 Å². The van der Waals surface area contributed by atoms with Gasteiger partial charge in [-0.2, -0.15) is 0 Å². The van der Waals surface area contributed by atoms with E-state index in [1.54, 1.807) is 0 Å². The number of halogens is 2. The smallest absolute Gasteiger partial charge is 0.252 e. The second kappa shape index (κ2) is 3.50. The maximum atomic E-state index is 13.2. The van der Waals surface area contributed by atoms with Gasteiger partial charge in [0, 0.05) is 32.0 Å². The van der Waals surface area contributed by atoms with Crippen LogP contribution in [-0.2, 0) is 0 Å². The number of alkyl halides is 2. The van der Waals surface area contributed by atoms with Crippen molar-refractivity contribution in [2.45, 2.75) is 31.6 Å². The van der Waals surface area contributed by atoms with Crippen molar-refractivity contribution >= 4 is 0 Å². The van der Waals surface area contributed by atoms with Crippen molar-refractivity contribution in [1.29, 1.82) is 0 Å². The van der Waals surface area contributed by atoms with Crippen molar-refractivity contribution in [3.05, 3.63) is 0 Å². The summed E-state index contributed by atoms with van der Waals surface area (Å²) < 4.78 is 26.4. The molecule has 1 aliphatic carbocycles. The molecule has 1 aliphatic heterocycles. The van der Waals surface area contributed by atoms with Crippen molar-refractivity contribution < 1.29 is 8.78 Å². The van der Waals surface area contributed by atoms with Crippen LogP contribution in [0.2, 0.25) is 0 Å². The van der Waals surface area contributed by atoms with Crippen LogP contribution in [0.1, 0.15) is 25.7 Å². The fourth-order valence-electron chi connectivity index (χ4n) is 2.23. The molecular weight excluding hydrogens is 174 g/mol. The van der Waals surface area contributed by atoms with Crippen LogP contribution in [0.25, 0.3) is 0 Å². The maximum Gasteiger partial charge on any atom is 0.252 e. The Morgan fingerprint density at radius 3 is 2.77 bits per heavy atom. The van der Waals surface area contributed by atoms with E-state index in [0.29, 0.717) is 19.4 Å². The third-order valence-corrected chi connectivity index (χ3v) is 3.04. The van der Waals surface area contributed by atoms with E-state index in [4.69, 9.17) is 0 Å². The Labute approximate surface area is 77.3 Å². The molecule has 0 radical (unpaired) electrons. The van der Waals surface area contributed by atoms with Crippen molar-refractivity contribution in [3.8, 4) is 0 Å². The number of rotatable bonds is 2. The van der Waals surface area contributed by atoms with Crippen LogP contribution in [0.5, 0.6) is 0 Å². The highest BCUT2D eigenvalue weighted by atomic mass is 19.3. The van der Waals surface area contributed by atoms with Gasteiger partial charge in [0.05, 0.1) is 0 Å². The van der Waals surface area contributed by atoms with E-state index < -0.39 is 11.8 Å².